The first kappa shape index (κ1) is 21.9. The van der Waals surface area contributed by atoms with Crippen LogP contribution in [-0.4, -0.2) is 60.2 Å². The van der Waals surface area contributed by atoms with Crippen molar-refractivity contribution in [1.82, 2.24) is 14.9 Å². The molecular weight excluding hydrogens is 454 g/mol. The minimum atomic E-state index is -2.90. The Morgan fingerprint density at radius 2 is 1.74 bits per heavy atom. The number of rotatable bonds is 5. The van der Waals surface area contributed by atoms with Crippen LogP contribution in [0.4, 0.5) is 14.7 Å². The van der Waals surface area contributed by atoms with E-state index in [4.69, 9.17) is 9.47 Å². The molecule has 3 aromatic rings. The number of benzene rings is 2. The van der Waals surface area contributed by atoms with E-state index in [9.17, 15) is 13.6 Å². The zero-order valence-corrected chi connectivity index (χ0v) is 18.9. The molecule has 1 aromatic heterocycles. The van der Waals surface area contributed by atoms with Gasteiger partial charge in [0.15, 0.2) is 0 Å². The van der Waals surface area contributed by atoms with Crippen molar-refractivity contribution >= 4 is 11.9 Å². The number of aromatic nitrogens is 2. The summed E-state index contributed by atoms with van der Waals surface area (Å²) in [5, 5.41) is 0. The lowest BCUT2D eigenvalue weighted by Crippen LogP contribution is -2.37. The molecule has 3 aliphatic rings. The van der Waals surface area contributed by atoms with Gasteiger partial charge in [-0.2, -0.15) is 8.78 Å². The van der Waals surface area contributed by atoms with E-state index in [-0.39, 0.29) is 23.6 Å². The number of nitrogens with zero attached hydrogens (tertiary/aromatic N) is 4. The molecule has 180 valence electrons. The van der Waals surface area contributed by atoms with Crippen LogP contribution in [0, 0.1) is 0 Å². The molecule has 2 saturated heterocycles. The number of carbonyl (C=O) groups is 1. The number of hydrogen-bond donors (Lipinski definition) is 0. The number of fused-ring (bicyclic) bond motifs is 3. The van der Waals surface area contributed by atoms with E-state index >= 15 is 0 Å². The highest BCUT2D eigenvalue weighted by molar-refractivity contribution is 6.00. The van der Waals surface area contributed by atoms with Crippen LogP contribution in [0.25, 0.3) is 11.1 Å². The number of halogens is 2. The Hall–Kier alpha value is -3.59. The predicted octanol–water partition coefficient (Wildman–Crippen LogP) is 4.27. The maximum absolute atomic E-state index is 13.1. The molecule has 0 aliphatic carbocycles. The highest BCUT2D eigenvalue weighted by Gasteiger charge is 2.46. The van der Waals surface area contributed by atoms with Gasteiger partial charge in [0.25, 0.3) is 5.91 Å². The van der Waals surface area contributed by atoms with Crippen LogP contribution in [0.15, 0.2) is 54.9 Å². The summed E-state index contributed by atoms with van der Waals surface area (Å²) in [7, 11) is 0. The zero-order chi connectivity index (χ0) is 23.9. The number of morpholine rings is 1. The third-order valence-corrected chi connectivity index (χ3v) is 7.06. The second kappa shape index (κ2) is 8.88. The number of para-hydroxylation sites is 1. The van der Waals surface area contributed by atoms with Crippen molar-refractivity contribution in [3.05, 3.63) is 71.5 Å². The third kappa shape index (κ3) is 3.89. The van der Waals surface area contributed by atoms with Gasteiger partial charge >= 0.3 is 6.61 Å². The molecule has 0 saturated carbocycles. The van der Waals surface area contributed by atoms with E-state index in [0.29, 0.717) is 43.3 Å². The second-order valence-electron chi connectivity index (χ2n) is 8.93. The van der Waals surface area contributed by atoms with Crippen LogP contribution >= 0.6 is 0 Å². The van der Waals surface area contributed by atoms with Crippen LogP contribution in [-0.2, 0) is 4.74 Å². The molecule has 0 spiro atoms. The molecule has 7 nitrogen and oxygen atoms in total. The summed E-state index contributed by atoms with van der Waals surface area (Å²) in [5.74, 6) is 0.681. The monoisotopic (exact) mass is 478 g/mol. The van der Waals surface area contributed by atoms with Gasteiger partial charge in [0, 0.05) is 49.1 Å². The fourth-order valence-corrected chi connectivity index (χ4v) is 5.45. The lowest BCUT2D eigenvalue weighted by Gasteiger charge is -2.26. The normalized spacial score (nSPS) is 21.4. The van der Waals surface area contributed by atoms with Crippen molar-refractivity contribution < 1.29 is 23.0 Å². The molecule has 0 radical (unpaired) electrons. The predicted molar refractivity (Wildman–Crippen MR) is 125 cm³/mol. The molecule has 0 bridgehead atoms. The van der Waals surface area contributed by atoms with Crippen molar-refractivity contribution in [3.8, 4) is 16.9 Å². The summed E-state index contributed by atoms with van der Waals surface area (Å²) in [4.78, 5) is 26.2. The molecule has 2 atom stereocenters. The van der Waals surface area contributed by atoms with Gasteiger partial charge in [-0.05, 0) is 41.3 Å². The van der Waals surface area contributed by atoms with E-state index < -0.39 is 6.61 Å². The lowest BCUT2D eigenvalue weighted by atomic mass is 9.86. The van der Waals surface area contributed by atoms with E-state index in [2.05, 4.69) is 14.9 Å². The fourth-order valence-electron chi connectivity index (χ4n) is 5.45. The lowest BCUT2D eigenvalue weighted by molar-refractivity contribution is -0.0507. The highest BCUT2D eigenvalue weighted by Crippen LogP contribution is 2.51. The summed E-state index contributed by atoms with van der Waals surface area (Å²) in [6, 6.07) is 12.4. The van der Waals surface area contributed by atoms with E-state index in [0.717, 1.165) is 29.8 Å². The van der Waals surface area contributed by atoms with Crippen LogP contribution in [0.3, 0.4) is 0 Å². The van der Waals surface area contributed by atoms with Gasteiger partial charge in [-0.25, -0.2) is 9.97 Å². The van der Waals surface area contributed by atoms with E-state index in [1.54, 1.807) is 24.5 Å². The first-order valence-electron chi connectivity index (χ1n) is 11.7. The quantitative estimate of drug-likeness (QED) is 0.546. The van der Waals surface area contributed by atoms with Crippen molar-refractivity contribution in [3.63, 3.8) is 0 Å². The summed E-state index contributed by atoms with van der Waals surface area (Å²) < 4.78 is 36.3. The Labute approximate surface area is 201 Å². The van der Waals surface area contributed by atoms with Crippen molar-refractivity contribution in [2.24, 2.45) is 0 Å². The molecule has 35 heavy (non-hydrogen) atoms. The zero-order valence-electron chi connectivity index (χ0n) is 18.9. The van der Waals surface area contributed by atoms with Crippen LogP contribution in [0.1, 0.15) is 39.9 Å². The standard InChI is InChI=1S/C26H24F2N4O3/c27-25(28)35-22-4-2-1-3-18(22)19-7-8-32-23(19)21-13-16(5-6-20(21)24(32)33)17-14-29-26(30-15-17)31-9-11-34-12-10-31/h1-6,13-15,19,23,25H,7-12H2/t19-,23-/m0/s1. The summed E-state index contributed by atoms with van der Waals surface area (Å²) in [5.41, 5.74) is 4.02. The number of carbonyl (C=O) groups excluding carboxylic acids is 1. The van der Waals surface area contributed by atoms with Crippen LogP contribution < -0.4 is 9.64 Å². The molecule has 1 amide bonds. The van der Waals surface area contributed by atoms with Crippen LogP contribution in [0.5, 0.6) is 5.75 Å². The Balaban J connectivity index is 1.33. The minimum Gasteiger partial charge on any atom is -0.435 e. The van der Waals surface area contributed by atoms with Gasteiger partial charge < -0.3 is 19.3 Å². The molecule has 0 N–H and O–H groups in total. The Morgan fingerprint density at radius 3 is 2.51 bits per heavy atom. The Bertz CT molecular complexity index is 1250. The molecule has 2 aromatic carbocycles. The van der Waals surface area contributed by atoms with Crippen molar-refractivity contribution in [2.75, 3.05) is 37.7 Å². The first-order valence-corrected chi connectivity index (χ1v) is 11.7. The topological polar surface area (TPSA) is 67.8 Å². The molecule has 2 fully saturated rings. The van der Waals surface area contributed by atoms with Gasteiger partial charge in [0.2, 0.25) is 5.95 Å². The van der Waals surface area contributed by atoms with Crippen LogP contribution in [0.2, 0.25) is 0 Å². The minimum absolute atomic E-state index is 0.0229. The molecule has 9 heteroatoms. The molecular formula is C26H24F2N4O3. The van der Waals surface area contributed by atoms with Gasteiger partial charge in [-0.3, -0.25) is 4.79 Å². The molecule has 6 rings (SSSR count). The summed E-state index contributed by atoms with van der Waals surface area (Å²) in [6.45, 7) is 0.506. The number of ether oxygens (including phenoxy) is 2. The largest absolute Gasteiger partial charge is 0.435 e. The fraction of sp³-hybridized carbons (Fsp3) is 0.346. The van der Waals surface area contributed by atoms with Crippen molar-refractivity contribution in [1.29, 1.82) is 0 Å². The third-order valence-electron chi connectivity index (χ3n) is 7.06. The highest BCUT2D eigenvalue weighted by atomic mass is 19.3. The number of amides is 1. The summed E-state index contributed by atoms with van der Waals surface area (Å²) in [6.07, 6.45) is 4.28. The van der Waals surface area contributed by atoms with Gasteiger partial charge in [0.05, 0.1) is 19.3 Å². The van der Waals surface area contributed by atoms with Gasteiger partial charge in [-0.15, -0.1) is 0 Å². The maximum Gasteiger partial charge on any atom is 0.387 e. The second-order valence-corrected chi connectivity index (χ2v) is 8.93. The number of anilines is 1. The van der Waals surface area contributed by atoms with E-state index in [1.165, 1.54) is 0 Å². The first-order chi connectivity index (χ1) is 17.1. The average Bonchev–Trinajstić information content (AvgIpc) is 3.44. The molecule has 4 heterocycles. The smallest absolute Gasteiger partial charge is 0.387 e. The average molecular weight is 478 g/mol. The Kier molecular flexibility index (Phi) is 5.56. The molecule has 0 unspecified atom stereocenters. The Morgan fingerprint density at radius 1 is 0.971 bits per heavy atom. The maximum atomic E-state index is 13.1. The number of hydrogen-bond acceptors (Lipinski definition) is 6. The van der Waals surface area contributed by atoms with E-state index in [1.807, 2.05) is 35.2 Å². The van der Waals surface area contributed by atoms with Gasteiger partial charge in [-0.1, -0.05) is 24.3 Å². The van der Waals surface area contributed by atoms with Crippen molar-refractivity contribution in [2.45, 2.75) is 25.0 Å². The molecule has 3 aliphatic heterocycles. The summed E-state index contributed by atoms with van der Waals surface area (Å²) >= 11 is 0. The van der Waals surface area contributed by atoms with Gasteiger partial charge in [0.1, 0.15) is 5.75 Å². The SMILES string of the molecule is O=C1c2ccc(-c3cnc(N4CCOCC4)nc3)cc2[C@@H]2[C@H](c3ccccc3OC(F)F)CCN12. The number of alkyl halides is 2.